The Bertz CT molecular complexity index is 691. The SMILES string of the molecule is CC(C)(C)P(Cc1c[c-]ccc1)C(C)(C)C.CC(C)(C)P(Cc1c[c-]ccc1)C(C)(C)C.[Br][Pd+].[Br][Pd+]. The van der Waals surface area contributed by atoms with Gasteiger partial charge in [0, 0.05) is 0 Å². The maximum absolute atomic E-state index is 3.18. The first-order valence-electron chi connectivity index (χ1n) is 12.1. The van der Waals surface area contributed by atoms with Gasteiger partial charge in [0.15, 0.2) is 0 Å². The molecule has 2 aromatic rings. The van der Waals surface area contributed by atoms with Gasteiger partial charge in [0.05, 0.1) is 0 Å². The summed E-state index contributed by atoms with van der Waals surface area (Å²) in [6.07, 6.45) is 2.42. The second-order valence-electron chi connectivity index (χ2n) is 12.7. The zero-order valence-electron chi connectivity index (χ0n) is 24.3. The molecule has 0 aliphatic rings. The third kappa shape index (κ3) is 17.3. The van der Waals surface area contributed by atoms with Crippen LogP contribution >= 0.6 is 42.7 Å². The Kier molecular flexibility index (Phi) is 20.8. The van der Waals surface area contributed by atoms with Crippen molar-refractivity contribution in [1.29, 1.82) is 0 Å². The Morgan fingerprint density at radius 3 is 0.972 bits per heavy atom. The molecular weight excluding hydrogens is 795 g/mol. The topological polar surface area (TPSA) is 0 Å². The Hall–Kier alpha value is 1.58. The van der Waals surface area contributed by atoms with E-state index in [2.05, 4.69) is 193 Å². The van der Waals surface area contributed by atoms with Crippen LogP contribution < -0.4 is 0 Å². The fourth-order valence-electron chi connectivity index (χ4n) is 4.38. The van der Waals surface area contributed by atoms with Gasteiger partial charge in [-0.2, -0.15) is 71.8 Å². The first kappa shape index (κ1) is 39.7. The van der Waals surface area contributed by atoms with E-state index >= 15 is 0 Å². The van der Waals surface area contributed by atoms with Crippen molar-refractivity contribution in [2.45, 2.75) is 116 Å². The van der Waals surface area contributed by atoms with Crippen molar-refractivity contribution in [3.63, 3.8) is 0 Å². The maximum atomic E-state index is 3.18. The standard InChI is InChI=1S/2C15H24P.2BrH.2Pd/c2*1-14(2,3)16(15(4,5)6)12-13-10-8-7-9-11-13;;;;/h2*7-8,10-11H,12H2,1-6H3;2*1H;;/q2*-1;;;2*+2/p-2. The van der Waals surface area contributed by atoms with Gasteiger partial charge in [-0.05, 0) is 20.6 Å². The number of hydrogen-bond acceptors (Lipinski definition) is 0. The summed E-state index contributed by atoms with van der Waals surface area (Å²) in [6.45, 7) is 28.5. The van der Waals surface area contributed by atoms with E-state index in [0.717, 1.165) is 0 Å². The molecule has 2 aromatic carbocycles. The van der Waals surface area contributed by atoms with Crippen molar-refractivity contribution in [1.82, 2.24) is 0 Å². The quantitative estimate of drug-likeness (QED) is 0.163. The molecule has 0 atom stereocenters. The molecular formula is C30H48Br2P2Pd2. The van der Waals surface area contributed by atoms with Gasteiger partial charge >= 0.3 is 61.2 Å². The first-order chi connectivity index (χ1) is 16.4. The Labute approximate surface area is 262 Å². The van der Waals surface area contributed by atoms with E-state index in [9.17, 15) is 0 Å². The first-order valence-corrected chi connectivity index (χ1v) is 22.3. The van der Waals surface area contributed by atoms with E-state index < -0.39 is 0 Å². The summed E-state index contributed by atoms with van der Waals surface area (Å²) in [6, 6.07) is 23.2. The molecule has 0 spiro atoms. The third-order valence-corrected chi connectivity index (χ3v) is 13.3. The average Bonchev–Trinajstić information content (AvgIpc) is 2.77. The third-order valence-electron chi connectivity index (χ3n) is 5.46. The van der Waals surface area contributed by atoms with Gasteiger partial charge in [0.1, 0.15) is 0 Å². The van der Waals surface area contributed by atoms with Crippen molar-refractivity contribution in [2.75, 3.05) is 0 Å². The summed E-state index contributed by atoms with van der Waals surface area (Å²) < 4.78 is 0. The van der Waals surface area contributed by atoms with Gasteiger partial charge in [0.2, 0.25) is 0 Å². The number of benzene rings is 2. The second kappa shape index (κ2) is 18.8. The van der Waals surface area contributed by atoms with E-state index in [4.69, 9.17) is 0 Å². The zero-order valence-corrected chi connectivity index (χ0v) is 32.4. The van der Waals surface area contributed by atoms with E-state index in [1.54, 1.807) is 0 Å². The molecule has 2 rings (SSSR count). The fraction of sp³-hybridized carbons (Fsp3) is 0.600. The van der Waals surface area contributed by atoms with Crippen molar-refractivity contribution >= 4 is 42.7 Å². The average molecular weight is 843 g/mol. The molecule has 0 saturated carbocycles. The summed E-state index contributed by atoms with van der Waals surface area (Å²) in [5, 5.41) is 1.62. The van der Waals surface area contributed by atoms with Crippen LogP contribution in [0, 0.1) is 12.1 Å². The van der Waals surface area contributed by atoms with E-state index in [0.29, 0.717) is 20.6 Å². The number of halogens is 2. The van der Waals surface area contributed by atoms with Crippen LogP contribution in [-0.4, -0.2) is 20.6 Å². The molecule has 0 radical (unpaired) electrons. The van der Waals surface area contributed by atoms with Gasteiger partial charge in [-0.15, -0.1) is 15.8 Å². The summed E-state index contributed by atoms with van der Waals surface area (Å²) >= 11 is 10.7. The molecule has 6 heteroatoms. The number of hydrogen-bond donors (Lipinski definition) is 0. The van der Waals surface area contributed by atoms with Gasteiger partial charge < -0.3 is 0 Å². The molecule has 0 heterocycles. The van der Waals surface area contributed by atoms with Crippen LogP contribution in [0.25, 0.3) is 0 Å². The van der Waals surface area contributed by atoms with Gasteiger partial charge in [-0.1, -0.05) is 95.4 Å². The van der Waals surface area contributed by atoms with Gasteiger partial charge in [-0.3, -0.25) is 0 Å². The fourth-order valence-corrected chi connectivity index (χ4v) is 11.4. The van der Waals surface area contributed by atoms with Crippen molar-refractivity contribution in [3.8, 4) is 0 Å². The van der Waals surface area contributed by atoms with Crippen LogP contribution in [0.4, 0.5) is 0 Å². The summed E-state index contributed by atoms with van der Waals surface area (Å²) in [7, 11) is -0.0781. The monoisotopic (exact) mass is 840 g/mol. The van der Waals surface area contributed by atoms with E-state index in [1.165, 1.54) is 23.5 Å². The van der Waals surface area contributed by atoms with Crippen molar-refractivity contribution < 1.29 is 34.4 Å². The van der Waals surface area contributed by atoms with Crippen LogP contribution in [0.1, 0.15) is 94.2 Å². The molecule has 0 N–H and O–H groups in total. The van der Waals surface area contributed by atoms with Crippen LogP contribution in [0.2, 0.25) is 0 Å². The van der Waals surface area contributed by atoms with Crippen molar-refractivity contribution in [2.24, 2.45) is 0 Å². The molecule has 0 aromatic heterocycles. The Morgan fingerprint density at radius 1 is 0.556 bits per heavy atom. The molecule has 0 aliphatic carbocycles. The molecule has 0 nitrogen and oxygen atoms in total. The number of rotatable bonds is 4. The van der Waals surface area contributed by atoms with Gasteiger partial charge in [-0.25, -0.2) is 0 Å². The molecule has 0 saturated heterocycles. The van der Waals surface area contributed by atoms with Crippen LogP contribution in [0.15, 0.2) is 48.5 Å². The normalized spacial score (nSPS) is 12.1. The van der Waals surface area contributed by atoms with Crippen molar-refractivity contribution in [3.05, 3.63) is 71.8 Å². The Morgan fingerprint density at radius 2 is 0.806 bits per heavy atom. The minimum atomic E-state index is -0.0390. The zero-order chi connectivity index (χ0) is 28.8. The second-order valence-corrected chi connectivity index (χ2v) is 20.4. The molecule has 212 valence electrons. The molecule has 0 fully saturated rings. The van der Waals surface area contributed by atoms with Crippen LogP contribution in [0.5, 0.6) is 0 Å². The molecule has 0 aliphatic heterocycles. The summed E-state index contributed by atoms with van der Waals surface area (Å²) in [5.74, 6) is 0. The minimum absolute atomic E-state index is 0.0390. The molecule has 36 heavy (non-hydrogen) atoms. The van der Waals surface area contributed by atoms with Crippen LogP contribution in [-0.2, 0) is 46.7 Å². The molecule has 0 bridgehead atoms. The summed E-state index contributed by atoms with van der Waals surface area (Å²) in [5.41, 5.74) is 2.86. The van der Waals surface area contributed by atoms with E-state index in [1.807, 2.05) is 12.1 Å². The van der Waals surface area contributed by atoms with Crippen LogP contribution in [0.3, 0.4) is 0 Å². The van der Waals surface area contributed by atoms with E-state index in [-0.39, 0.29) is 15.8 Å². The molecule has 0 unspecified atom stereocenters. The Balaban J connectivity index is 0. The van der Waals surface area contributed by atoms with Gasteiger partial charge in [0.25, 0.3) is 0 Å². The summed E-state index contributed by atoms with van der Waals surface area (Å²) in [4.78, 5) is 0. The predicted octanol–water partition coefficient (Wildman–Crippen LogP) is 11.8. The predicted molar refractivity (Wildman–Crippen MR) is 169 cm³/mol. The molecule has 0 amide bonds.